The maximum absolute atomic E-state index is 11.8. The molecule has 2 rings (SSSR count). The van der Waals surface area contributed by atoms with E-state index in [4.69, 9.17) is 23.2 Å². The summed E-state index contributed by atoms with van der Waals surface area (Å²) >= 11 is 13.7. The number of likely N-dealkylation sites (N-methyl/N-ethyl adjacent to an activating group) is 1. The van der Waals surface area contributed by atoms with E-state index in [1.165, 1.54) is 0 Å². The predicted octanol–water partition coefficient (Wildman–Crippen LogP) is 2.66. The fourth-order valence-corrected chi connectivity index (χ4v) is 3.59. The second kappa shape index (κ2) is 8.11. The smallest absolute Gasteiger partial charge is 0.275 e. The van der Waals surface area contributed by atoms with Crippen molar-refractivity contribution in [1.82, 2.24) is 10.3 Å². The number of carbonyl (C=O) groups excluding carboxylic acids is 1. The van der Waals surface area contributed by atoms with Crippen molar-refractivity contribution in [2.45, 2.75) is 26.4 Å². The lowest BCUT2D eigenvalue weighted by atomic mass is 10.2. The Bertz CT molecular complexity index is 688. The highest BCUT2D eigenvalue weighted by Crippen LogP contribution is 2.30. The summed E-state index contributed by atoms with van der Waals surface area (Å²) in [6.45, 7) is 5.03. The number of nitrogens with one attached hydrogen (secondary N) is 2. The van der Waals surface area contributed by atoms with Crippen LogP contribution in [0.3, 0.4) is 0 Å². The standard InChI is InChI=1S/C16H19Cl2N3OS/c1-10(2)19-15(22)7-21(3)8-16-20-14(9-23-16)12-5-4-11(17)6-13(12)18/h4-6,9-10H,7-8H2,1-3H3,(H,19,22)/p+1. The Labute approximate surface area is 150 Å². The van der Waals surface area contributed by atoms with Crippen molar-refractivity contribution < 1.29 is 9.69 Å². The molecule has 2 N–H and O–H groups in total. The van der Waals surface area contributed by atoms with Crippen LogP contribution >= 0.6 is 34.5 Å². The molecule has 1 amide bonds. The molecule has 1 aromatic heterocycles. The number of hydrogen-bond donors (Lipinski definition) is 2. The van der Waals surface area contributed by atoms with Gasteiger partial charge in [-0.15, -0.1) is 11.3 Å². The number of carbonyl (C=O) groups is 1. The van der Waals surface area contributed by atoms with Crippen LogP contribution in [0.5, 0.6) is 0 Å². The predicted molar refractivity (Wildman–Crippen MR) is 96.3 cm³/mol. The second-order valence-electron chi connectivity index (χ2n) is 5.78. The molecule has 0 aliphatic heterocycles. The first kappa shape index (κ1) is 18.2. The monoisotopic (exact) mass is 372 g/mol. The fraction of sp³-hybridized carbons (Fsp3) is 0.375. The van der Waals surface area contributed by atoms with E-state index in [1.54, 1.807) is 23.5 Å². The molecular weight excluding hydrogens is 353 g/mol. The maximum Gasteiger partial charge on any atom is 0.275 e. The number of quaternary nitrogens is 1. The average molecular weight is 373 g/mol. The fourth-order valence-electron chi connectivity index (χ4n) is 2.18. The molecule has 1 heterocycles. The number of halogens is 2. The largest absolute Gasteiger partial charge is 0.349 e. The van der Waals surface area contributed by atoms with Crippen molar-refractivity contribution in [2.75, 3.05) is 13.6 Å². The summed E-state index contributed by atoms with van der Waals surface area (Å²) in [5, 5.41) is 7.04. The first-order valence-electron chi connectivity index (χ1n) is 7.35. The average Bonchev–Trinajstić information content (AvgIpc) is 2.85. The summed E-state index contributed by atoms with van der Waals surface area (Å²) in [4.78, 5) is 17.5. The lowest BCUT2D eigenvalue weighted by molar-refractivity contribution is -0.885. The van der Waals surface area contributed by atoms with Gasteiger partial charge in [0.25, 0.3) is 5.91 Å². The molecule has 0 radical (unpaired) electrons. The van der Waals surface area contributed by atoms with Crippen LogP contribution < -0.4 is 10.2 Å². The minimum atomic E-state index is 0.0509. The molecule has 23 heavy (non-hydrogen) atoms. The Balaban J connectivity index is 2.00. The first-order chi connectivity index (χ1) is 10.8. The molecule has 1 aromatic carbocycles. The van der Waals surface area contributed by atoms with Gasteiger partial charge in [0.05, 0.1) is 17.8 Å². The zero-order chi connectivity index (χ0) is 17.0. The third kappa shape index (κ3) is 5.46. The van der Waals surface area contributed by atoms with Gasteiger partial charge in [0.15, 0.2) is 6.54 Å². The summed E-state index contributed by atoms with van der Waals surface area (Å²) in [6, 6.07) is 5.55. The van der Waals surface area contributed by atoms with Gasteiger partial charge in [-0.05, 0) is 32.0 Å². The minimum absolute atomic E-state index is 0.0509. The van der Waals surface area contributed by atoms with Crippen LogP contribution in [0.25, 0.3) is 11.3 Å². The van der Waals surface area contributed by atoms with Crippen LogP contribution in [-0.4, -0.2) is 30.5 Å². The molecule has 0 bridgehead atoms. The van der Waals surface area contributed by atoms with Crippen molar-refractivity contribution in [1.29, 1.82) is 0 Å². The number of nitrogens with zero attached hydrogens (tertiary/aromatic N) is 1. The number of amides is 1. The number of rotatable bonds is 6. The maximum atomic E-state index is 11.8. The molecule has 4 nitrogen and oxygen atoms in total. The summed E-state index contributed by atoms with van der Waals surface area (Å²) in [5.74, 6) is 0.0509. The number of aromatic nitrogens is 1. The van der Waals surface area contributed by atoms with E-state index < -0.39 is 0 Å². The van der Waals surface area contributed by atoms with Gasteiger partial charge in [0.2, 0.25) is 0 Å². The summed E-state index contributed by atoms with van der Waals surface area (Å²) < 4.78 is 0. The topological polar surface area (TPSA) is 46.4 Å². The van der Waals surface area contributed by atoms with Crippen LogP contribution in [0.1, 0.15) is 18.9 Å². The van der Waals surface area contributed by atoms with E-state index in [9.17, 15) is 4.79 Å². The van der Waals surface area contributed by atoms with E-state index in [1.807, 2.05) is 32.3 Å². The molecule has 0 aliphatic rings. The molecule has 1 atom stereocenters. The molecule has 0 saturated carbocycles. The molecule has 0 spiro atoms. The Morgan fingerprint density at radius 3 is 2.78 bits per heavy atom. The van der Waals surface area contributed by atoms with Gasteiger partial charge in [-0.3, -0.25) is 4.79 Å². The first-order valence-corrected chi connectivity index (χ1v) is 8.99. The van der Waals surface area contributed by atoms with Crippen LogP contribution in [0, 0.1) is 0 Å². The van der Waals surface area contributed by atoms with Crippen LogP contribution in [0.15, 0.2) is 23.6 Å². The quantitative estimate of drug-likeness (QED) is 0.818. The Kier molecular flexibility index (Phi) is 6.41. The van der Waals surface area contributed by atoms with Crippen molar-refractivity contribution in [2.24, 2.45) is 0 Å². The van der Waals surface area contributed by atoms with Gasteiger partial charge in [0, 0.05) is 22.0 Å². The van der Waals surface area contributed by atoms with E-state index in [0.29, 0.717) is 23.1 Å². The Morgan fingerprint density at radius 1 is 1.39 bits per heavy atom. The van der Waals surface area contributed by atoms with Crippen molar-refractivity contribution >= 4 is 40.4 Å². The van der Waals surface area contributed by atoms with Gasteiger partial charge in [-0.1, -0.05) is 23.2 Å². The number of thiazole rings is 1. The second-order valence-corrected chi connectivity index (χ2v) is 7.57. The van der Waals surface area contributed by atoms with Gasteiger partial charge in [-0.25, -0.2) is 4.98 Å². The molecule has 0 aliphatic carbocycles. The highest BCUT2D eigenvalue weighted by Gasteiger charge is 2.15. The lowest BCUT2D eigenvalue weighted by Gasteiger charge is -2.13. The van der Waals surface area contributed by atoms with Crippen LogP contribution in [0.4, 0.5) is 0 Å². The number of benzene rings is 1. The van der Waals surface area contributed by atoms with E-state index >= 15 is 0 Å². The van der Waals surface area contributed by atoms with Gasteiger partial charge >= 0.3 is 0 Å². The lowest BCUT2D eigenvalue weighted by Crippen LogP contribution is -3.09. The number of hydrogen-bond acceptors (Lipinski definition) is 3. The van der Waals surface area contributed by atoms with E-state index in [2.05, 4.69) is 10.3 Å². The highest BCUT2D eigenvalue weighted by atomic mass is 35.5. The molecular formula is C16H20Cl2N3OS+. The molecule has 7 heteroatoms. The van der Waals surface area contributed by atoms with Crippen molar-refractivity contribution in [3.05, 3.63) is 38.6 Å². The van der Waals surface area contributed by atoms with Crippen molar-refractivity contribution in [3.8, 4) is 11.3 Å². The zero-order valence-electron chi connectivity index (χ0n) is 13.3. The zero-order valence-corrected chi connectivity index (χ0v) is 15.6. The summed E-state index contributed by atoms with van der Waals surface area (Å²) in [5.41, 5.74) is 1.71. The molecule has 1 unspecified atom stereocenters. The molecule has 124 valence electrons. The Hall–Kier alpha value is -1.14. The molecule has 0 saturated heterocycles. The normalized spacial score (nSPS) is 12.4. The van der Waals surface area contributed by atoms with Gasteiger partial charge in [-0.2, -0.15) is 0 Å². The van der Waals surface area contributed by atoms with Gasteiger partial charge in [0.1, 0.15) is 11.6 Å². The SMILES string of the molecule is CC(C)NC(=O)C[NH+](C)Cc1nc(-c2ccc(Cl)cc2Cl)cs1. The summed E-state index contributed by atoms with van der Waals surface area (Å²) in [6.07, 6.45) is 0. The summed E-state index contributed by atoms with van der Waals surface area (Å²) in [7, 11) is 1.98. The van der Waals surface area contributed by atoms with E-state index in [-0.39, 0.29) is 11.9 Å². The van der Waals surface area contributed by atoms with Crippen LogP contribution in [-0.2, 0) is 11.3 Å². The van der Waals surface area contributed by atoms with Crippen molar-refractivity contribution in [3.63, 3.8) is 0 Å². The van der Waals surface area contributed by atoms with Crippen LogP contribution in [0.2, 0.25) is 10.0 Å². The third-order valence-corrected chi connectivity index (χ3v) is 4.52. The molecule has 0 fully saturated rings. The minimum Gasteiger partial charge on any atom is -0.349 e. The van der Waals surface area contributed by atoms with E-state index in [0.717, 1.165) is 21.2 Å². The molecule has 2 aromatic rings. The third-order valence-electron chi connectivity index (χ3n) is 3.12. The van der Waals surface area contributed by atoms with Gasteiger partial charge < -0.3 is 10.2 Å². The highest BCUT2D eigenvalue weighted by molar-refractivity contribution is 7.09. The Morgan fingerprint density at radius 2 is 2.13 bits per heavy atom.